The molecule has 1 unspecified atom stereocenters. The molecule has 0 spiro atoms. The Labute approximate surface area is 116 Å². The van der Waals surface area contributed by atoms with E-state index >= 15 is 0 Å². The summed E-state index contributed by atoms with van der Waals surface area (Å²) in [5, 5.41) is 0. The predicted molar refractivity (Wildman–Crippen MR) is 74.7 cm³/mol. The Morgan fingerprint density at radius 3 is 3.05 bits per heavy atom. The number of ether oxygens (including phenoxy) is 1. The van der Waals surface area contributed by atoms with Crippen LogP contribution in [0, 0.1) is 6.92 Å². The van der Waals surface area contributed by atoms with E-state index < -0.39 is 0 Å². The van der Waals surface area contributed by atoms with Crippen molar-refractivity contribution in [3.05, 3.63) is 52.3 Å². The summed E-state index contributed by atoms with van der Waals surface area (Å²) in [6, 6.07) is 3.17. The summed E-state index contributed by atoms with van der Waals surface area (Å²) in [6.45, 7) is 3.88. The summed E-state index contributed by atoms with van der Waals surface area (Å²) >= 11 is 0. The normalized spacial score (nSPS) is 19.1. The zero-order chi connectivity index (χ0) is 13.9. The van der Waals surface area contributed by atoms with E-state index in [2.05, 4.69) is 19.9 Å². The van der Waals surface area contributed by atoms with Crippen LogP contribution in [0.4, 0.5) is 5.82 Å². The van der Waals surface area contributed by atoms with Gasteiger partial charge in [0.05, 0.1) is 19.3 Å². The minimum Gasteiger partial charge on any atom is -0.368 e. The summed E-state index contributed by atoms with van der Waals surface area (Å²) in [7, 11) is 0. The molecule has 0 bridgehead atoms. The Morgan fingerprint density at radius 1 is 1.40 bits per heavy atom. The van der Waals surface area contributed by atoms with Crippen LogP contribution in [0.3, 0.4) is 0 Å². The van der Waals surface area contributed by atoms with E-state index in [0.717, 1.165) is 23.8 Å². The molecule has 1 atom stereocenters. The lowest BCUT2D eigenvalue weighted by molar-refractivity contribution is 0.0366. The Bertz CT molecular complexity index is 641. The van der Waals surface area contributed by atoms with Crippen molar-refractivity contribution in [1.29, 1.82) is 0 Å². The number of aromatic amines is 1. The second-order valence-electron chi connectivity index (χ2n) is 4.82. The van der Waals surface area contributed by atoms with Crippen molar-refractivity contribution >= 4 is 5.82 Å². The molecule has 0 amide bonds. The second-order valence-corrected chi connectivity index (χ2v) is 4.82. The molecule has 1 saturated heterocycles. The fourth-order valence-electron chi connectivity index (χ4n) is 2.38. The summed E-state index contributed by atoms with van der Waals surface area (Å²) in [5.41, 5.74) is 1.65. The van der Waals surface area contributed by atoms with Crippen LogP contribution in [0.25, 0.3) is 0 Å². The highest BCUT2D eigenvalue weighted by atomic mass is 16.5. The average molecular weight is 272 g/mol. The molecule has 0 saturated carbocycles. The second kappa shape index (κ2) is 5.42. The lowest BCUT2D eigenvalue weighted by atomic mass is 10.1. The highest BCUT2D eigenvalue weighted by Crippen LogP contribution is 2.22. The number of anilines is 1. The summed E-state index contributed by atoms with van der Waals surface area (Å²) in [6.07, 6.45) is 4.91. The van der Waals surface area contributed by atoms with Crippen molar-refractivity contribution in [3.63, 3.8) is 0 Å². The number of nitrogens with one attached hydrogen (secondary N) is 1. The van der Waals surface area contributed by atoms with Gasteiger partial charge in [-0.05, 0) is 6.92 Å². The van der Waals surface area contributed by atoms with Gasteiger partial charge in [-0.3, -0.25) is 9.78 Å². The molecule has 2 aromatic rings. The molecule has 6 heteroatoms. The van der Waals surface area contributed by atoms with Gasteiger partial charge in [0.25, 0.3) is 0 Å². The lowest BCUT2D eigenvalue weighted by Crippen LogP contribution is -2.39. The van der Waals surface area contributed by atoms with Crippen LogP contribution in [0.5, 0.6) is 0 Å². The van der Waals surface area contributed by atoms with E-state index in [1.54, 1.807) is 30.7 Å². The number of rotatable bonds is 2. The van der Waals surface area contributed by atoms with Crippen molar-refractivity contribution in [2.45, 2.75) is 13.0 Å². The quantitative estimate of drug-likeness (QED) is 0.885. The monoisotopic (exact) mass is 272 g/mol. The summed E-state index contributed by atoms with van der Waals surface area (Å²) < 4.78 is 5.77. The third kappa shape index (κ3) is 2.70. The van der Waals surface area contributed by atoms with E-state index in [1.165, 1.54) is 0 Å². The molecule has 20 heavy (non-hydrogen) atoms. The van der Waals surface area contributed by atoms with Crippen LogP contribution in [0.1, 0.15) is 17.5 Å². The minimum atomic E-state index is -0.154. The molecule has 3 rings (SSSR count). The maximum atomic E-state index is 11.6. The highest BCUT2D eigenvalue weighted by molar-refractivity contribution is 5.36. The SMILES string of the molecule is Cc1cc(=O)cc(C2CN(c3cnccn3)CCO2)[nH]1. The zero-order valence-corrected chi connectivity index (χ0v) is 11.2. The molecule has 0 aliphatic carbocycles. The fourth-order valence-corrected chi connectivity index (χ4v) is 2.38. The summed E-state index contributed by atoms with van der Waals surface area (Å²) in [5.74, 6) is 0.829. The zero-order valence-electron chi connectivity index (χ0n) is 11.2. The first-order valence-electron chi connectivity index (χ1n) is 6.56. The topological polar surface area (TPSA) is 71.1 Å². The Kier molecular flexibility index (Phi) is 3.47. The molecular formula is C14H16N4O2. The molecule has 1 aliphatic rings. The smallest absolute Gasteiger partial charge is 0.182 e. The van der Waals surface area contributed by atoms with Crippen LogP contribution in [0.15, 0.2) is 35.5 Å². The van der Waals surface area contributed by atoms with Crippen molar-refractivity contribution in [3.8, 4) is 0 Å². The van der Waals surface area contributed by atoms with Gasteiger partial charge < -0.3 is 14.6 Å². The van der Waals surface area contributed by atoms with Crippen molar-refractivity contribution in [2.75, 3.05) is 24.6 Å². The van der Waals surface area contributed by atoms with Gasteiger partial charge in [-0.1, -0.05) is 0 Å². The Hall–Kier alpha value is -2.21. The lowest BCUT2D eigenvalue weighted by Gasteiger charge is -2.33. The fraction of sp³-hybridized carbons (Fsp3) is 0.357. The molecule has 1 fully saturated rings. The standard InChI is InChI=1S/C14H16N4O2/c1-10-6-11(19)7-12(17-10)13-9-18(4-5-20-13)14-8-15-2-3-16-14/h2-3,6-8,13H,4-5,9H2,1H3,(H,17,19). The van der Waals surface area contributed by atoms with Crippen LogP contribution >= 0.6 is 0 Å². The van der Waals surface area contributed by atoms with E-state index in [0.29, 0.717) is 13.2 Å². The number of pyridine rings is 1. The molecular weight excluding hydrogens is 256 g/mol. The van der Waals surface area contributed by atoms with Gasteiger partial charge in [-0.25, -0.2) is 4.98 Å². The van der Waals surface area contributed by atoms with Gasteiger partial charge in [-0.2, -0.15) is 0 Å². The van der Waals surface area contributed by atoms with Gasteiger partial charge in [0.2, 0.25) is 0 Å². The van der Waals surface area contributed by atoms with E-state index in [-0.39, 0.29) is 11.5 Å². The Morgan fingerprint density at radius 2 is 2.30 bits per heavy atom. The number of hydrogen-bond donors (Lipinski definition) is 1. The van der Waals surface area contributed by atoms with Crippen molar-refractivity contribution < 1.29 is 4.74 Å². The van der Waals surface area contributed by atoms with Gasteiger partial charge in [0.15, 0.2) is 5.43 Å². The predicted octanol–water partition coefficient (Wildman–Crippen LogP) is 1.05. The molecule has 1 aliphatic heterocycles. The van der Waals surface area contributed by atoms with Crippen LogP contribution in [-0.4, -0.2) is 34.6 Å². The summed E-state index contributed by atoms with van der Waals surface area (Å²) in [4.78, 5) is 25.3. The third-order valence-electron chi connectivity index (χ3n) is 3.28. The van der Waals surface area contributed by atoms with E-state index in [9.17, 15) is 4.79 Å². The van der Waals surface area contributed by atoms with Crippen LogP contribution in [-0.2, 0) is 4.74 Å². The molecule has 104 valence electrons. The third-order valence-corrected chi connectivity index (χ3v) is 3.28. The van der Waals surface area contributed by atoms with Crippen LogP contribution in [0.2, 0.25) is 0 Å². The van der Waals surface area contributed by atoms with Gasteiger partial charge >= 0.3 is 0 Å². The molecule has 1 N–H and O–H groups in total. The van der Waals surface area contributed by atoms with Gasteiger partial charge in [0.1, 0.15) is 11.9 Å². The first-order chi connectivity index (χ1) is 9.72. The maximum Gasteiger partial charge on any atom is 0.182 e. The molecule has 0 radical (unpaired) electrons. The molecule has 3 heterocycles. The maximum absolute atomic E-state index is 11.6. The average Bonchev–Trinajstić information content (AvgIpc) is 2.47. The molecule has 6 nitrogen and oxygen atoms in total. The minimum absolute atomic E-state index is 0.00326. The number of H-pyrrole nitrogens is 1. The van der Waals surface area contributed by atoms with Gasteiger partial charge in [-0.15, -0.1) is 0 Å². The first-order valence-corrected chi connectivity index (χ1v) is 6.56. The van der Waals surface area contributed by atoms with Crippen LogP contribution < -0.4 is 10.3 Å². The van der Waals surface area contributed by atoms with Gasteiger partial charge in [0, 0.05) is 42.5 Å². The number of nitrogens with zero attached hydrogens (tertiary/aromatic N) is 3. The number of aromatic nitrogens is 3. The van der Waals surface area contributed by atoms with E-state index in [4.69, 9.17) is 4.74 Å². The first kappa shape index (κ1) is 12.8. The van der Waals surface area contributed by atoms with Crippen molar-refractivity contribution in [1.82, 2.24) is 15.0 Å². The Balaban J connectivity index is 1.83. The number of morpholine rings is 1. The highest BCUT2D eigenvalue weighted by Gasteiger charge is 2.23. The number of hydrogen-bond acceptors (Lipinski definition) is 5. The van der Waals surface area contributed by atoms with Crippen molar-refractivity contribution in [2.24, 2.45) is 0 Å². The molecule has 0 aromatic carbocycles. The molecule has 2 aromatic heterocycles. The van der Waals surface area contributed by atoms with E-state index in [1.807, 2.05) is 6.92 Å². The largest absolute Gasteiger partial charge is 0.368 e. The number of aryl methyl sites for hydroxylation is 1.